The van der Waals surface area contributed by atoms with E-state index in [-0.39, 0.29) is 11.7 Å². The third kappa shape index (κ3) is 4.16. The molecule has 3 heterocycles. The van der Waals surface area contributed by atoms with E-state index in [1.807, 2.05) is 54.0 Å². The second kappa shape index (κ2) is 8.12. The van der Waals surface area contributed by atoms with Crippen LogP contribution in [0.1, 0.15) is 5.56 Å². The van der Waals surface area contributed by atoms with E-state index in [1.165, 1.54) is 11.8 Å². The number of nitrogens with zero attached hydrogens (tertiary/aromatic N) is 3. The largest absolute Gasteiger partial charge is 0.351 e. The van der Waals surface area contributed by atoms with Gasteiger partial charge >= 0.3 is 0 Å². The van der Waals surface area contributed by atoms with E-state index < -0.39 is 0 Å². The van der Waals surface area contributed by atoms with Crippen molar-refractivity contribution >= 4 is 46.1 Å². The first kappa shape index (κ1) is 18.0. The molecule has 0 saturated carbocycles. The van der Waals surface area contributed by atoms with Gasteiger partial charge in [-0.25, -0.2) is 9.50 Å². The van der Waals surface area contributed by atoms with Gasteiger partial charge in [0.25, 0.3) is 0 Å². The molecule has 1 amide bonds. The number of thioether (sulfide) groups is 1. The molecule has 0 unspecified atom stereocenters. The van der Waals surface area contributed by atoms with Crippen LogP contribution in [0.5, 0.6) is 0 Å². The highest BCUT2D eigenvalue weighted by atomic mass is 35.5. The molecule has 0 aliphatic carbocycles. The van der Waals surface area contributed by atoms with Crippen molar-refractivity contribution in [2.24, 2.45) is 0 Å². The summed E-state index contributed by atoms with van der Waals surface area (Å²) < 4.78 is 1.80. The van der Waals surface area contributed by atoms with Crippen LogP contribution in [0.4, 0.5) is 0 Å². The lowest BCUT2D eigenvalue weighted by Gasteiger charge is -2.07. The summed E-state index contributed by atoms with van der Waals surface area (Å²) in [4.78, 5) is 17.7. The van der Waals surface area contributed by atoms with E-state index >= 15 is 0 Å². The maximum atomic E-state index is 12.2. The number of carbonyl (C=O) groups excluding carboxylic acids is 1. The van der Waals surface area contributed by atoms with E-state index in [0.29, 0.717) is 11.6 Å². The van der Waals surface area contributed by atoms with Crippen LogP contribution in [0.25, 0.3) is 16.1 Å². The van der Waals surface area contributed by atoms with Crippen LogP contribution in [-0.4, -0.2) is 26.3 Å². The molecular formula is C19H15ClN4OS2. The zero-order valence-electron chi connectivity index (χ0n) is 14.1. The molecule has 136 valence electrons. The molecule has 3 aromatic heterocycles. The van der Waals surface area contributed by atoms with Gasteiger partial charge in [-0.05, 0) is 29.1 Å². The van der Waals surface area contributed by atoms with Crippen molar-refractivity contribution in [2.75, 3.05) is 5.75 Å². The van der Waals surface area contributed by atoms with Crippen LogP contribution in [0.2, 0.25) is 5.02 Å². The number of hydrogen-bond acceptors (Lipinski definition) is 5. The molecule has 1 aromatic carbocycles. The quantitative estimate of drug-likeness (QED) is 0.471. The number of fused-ring (bicyclic) bond motifs is 1. The molecule has 1 N–H and O–H groups in total. The van der Waals surface area contributed by atoms with Crippen LogP contribution < -0.4 is 5.32 Å². The number of carbonyl (C=O) groups is 1. The molecular weight excluding hydrogens is 400 g/mol. The monoisotopic (exact) mass is 414 g/mol. The number of thiophene rings is 1. The predicted octanol–water partition coefficient (Wildman–Crippen LogP) is 4.52. The van der Waals surface area contributed by atoms with Crippen molar-refractivity contribution in [3.63, 3.8) is 0 Å². The molecule has 0 radical (unpaired) electrons. The molecule has 5 nitrogen and oxygen atoms in total. The Hall–Kier alpha value is -2.35. The number of halogens is 1. The maximum absolute atomic E-state index is 12.2. The van der Waals surface area contributed by atoms with Gasteiger partial charge in [-0.2, -0.15) is 5.10 Å². The second-order valence-corrected chi connectivity index (χ2v) is 8.04. The molecule has 0 spiro atoms. The molecule has 0 atom stereocenters. The van der Waals surface area contributed by atoms with Gasteiger partial charge in [0.05, 0.1) is 16.1 Å². The van der Waals surface area contributed by atoms with E-state index in [2.05, 4.69) is 15.4 Å². The Bertz CT molecular complexity index is 1080. The smallest absolute Gasteiger partial charge is 0.230 e. The predicted molar refractivity (Wildman–Crippen MR) is 110 cm³/mol. The number of aromatic nitrogens is 3. The lowest BCUT2D eigenvalue weighted by molar-refractivity contribution is -0.118. The molecule has 8 heteroatoms. The Morgan fingerprint density at radius 2 is 2.15 bits per heavy atom. The number of rotatable bonds is 6. The molecule has 0 aliphatic heterocycles. The van der Waals surface area contributed by atoms with E-state index in [9.17, 15) is 4.79 Å². The lowest BCUT2D eigenvalue weighted by Crippen LogP contribution is -2.24. The molecule has 0 bridgehead atoms. The Labute approximate surface area is 169 Å². The summed E-state index contributed by atoms with van der Waals surface area (Å²) in [6.07, 6.45) is 3.51. The van der Waals surface area contributed by atoms with Crippen LogP contribution in [0, 0.1) is 0 Å². The topological polar surface area (TPSA) is 59.3 Å². The Morgan fingerprint density at radius 1 is 1.26 bits per heavy atom. The van der Waals surface area contributed by atoms with E-state index in [4.69, 9.17) is 11.6 Å². The standard InChI is InChI=1S/C19H15ClN4OS2/c20-14-5-2-1-4-13(14)11-22-18(25)12-27-19-16-10-15(17-6-3-9-26-17)23-24(16)8-7-21-19/h1-10H,11-12H2,(H,22,25). The highest BCUT2D eigenvalue weighted by Crippen LogP contribution is 2.28. The summed E-state index contributed by atoms with van der Waals surface area (Å²) in [7, 11) is 0. The number of benzene rings is 1. The Morgan fingerprint density at radius 3 is 2.96 bits per heavy atom. The summed E-state index contributed by atoms with van der Waals surface area (Å²) in [6, 6.07) is 13.5. The van der Waals surface area contributed by atoms with Gasteiger partial charge in [0.2, 0.25) is 5.91 Å². The minimum atomic E-state index is -0.0679. The first-order chi connectivity index (χ1) is 13.2. The van der Waals surface area contributed by atoms with Gasteiger partial charge < -0.3 is 5.32 Å². The fourth-order valence-corrected chi connectivity index (χ4v) is 4.26. The SMILES string of the molecule is O=C(CSc1nccn2nc(-c3cccs3)cc12)NCc1ccccc1Cl. The van der Waals surface area contributed by atoms with Gasteiger partial charge in [0, 0.05) is 24.0 Å². The van der Waals surface area contributed by atoms with Crippen molar-refractivity contribution in [1.82, 2.24) is 19.9 Å². The molecule has 0 saturated heterocycles. The summed E-state index contributed by atoms with van der Waals surface area (Å²) in [5, 5.41) is 10.9. The molecule has 4 rings (SSSR count). The van der Waals surface area contributed by atoms with Crippen LogP contribution >= 0.6 is 34.7 Å². The van der Waals surface area contributed by atoms with Gasteiger partial charge in [-0.1, -0.05) is 47.6 Å². The van der Waals surface area contributed by atoms with Crippen molar-refractivity contribution in [3.8, 4) is 10.6 Å². The maximum Gasteiger partial charge on any atom is 0.230 e. The fourth-order valence-electron chi connectivity index (χ4n) is 2.57. The first-order valence-electron chi connectivity index (χ1n) is 8.22. The number of nitrogens with one attached hydrogen (secondary N) is 1. The van der Waals surface area contributed by atoms with E-state index in [1.54, 1.807) is 22.0 Å². The average Bonchev–Trinajstić information content (AvgIpc) is 3.35. The van der Waals surface area contributed by atoms with Gasteiger partial charge in [0.15, 0.2) is 0 Å². The highest BCUT2D eigenvalue weighted by molar-refractivity contribution is 8.00. The summed E-state index contributed by atoms with van der Waals surface area (Å²) >= 11 is 9.15. The molecule has 4 aromatic rings. The van der Waals surface area contributed by atoms with Crippen molar-refractivity contribution in [2.45, 2.75) is 11.6 Å². The minimum absolute atomic E-state index is 0.0679. The molecule has 0 aliphatic rings. The lowest BCUT2D eigenvalue weighted by atomic mass is 10.2. The van der Waals surface area contributed by atoms with Gasteiger partial charge in [-0.3, -0.25) is 4.79 Å². The Balaban J connectivity index is 1.42. The second-order valence-electron chi connectivity index (χ2n) is 5.73. The van der Waals surface area contributed by atoms with E-state index in [0.717, 1.165) is 26.7 Å². The molecule has 0 fully saturated rings. The summed E-state index contributed by atoms with van der Waals surface area (Å²) in [5.74, 6) is 0.207. The number of amides is 1. The minimum Gasteiger partial charge on any atom is -0.351 e. The third-order valence-corrected chi connectivity index (χ3v) is 6.16. The third-order valence-electron chi connectivity index (χ3n) is 3.90. The Kier molecular flexibility index (Phi) is 5.42. The first-order valence-corrected chi connectivity index (χ1v) is 10.5. The van der Waals surface area contributed by atoms with Crippen LogP contribution in [0.15, 0.2) is 65.3 Å². The zero-order chi connectivity index (χ0) is 18.6. The summed E-state index contributed by atoms with van der Waals surface area (Å²) in [5.41, 5.74) is 2.70. The van der Waals surface area contributed by atoms with Gasteiger partial charge in [0.1, 0.15) is 10.7 Å². The van der Waals surface area contributed by atoms with Crippen LogP contribution in [0.3, 0.4) is 0 Å². The fraction of sp³-hybridized carbons (Fsp3) is 0.105. The van der Waals surface area contributed by atoms with Crippen molar-refractivity contribution in [1.29, 1.82) is 0 Å². The molecule has 27 heavy (non-hydrogen) atoms. The highest BCUT2D eigenvalue weighted by Gasteiger charge is 2.12. The van der Waals surface area contributed by atoms with Crippen molar-refractivity contribution in [3.05, 3.63) is 70.8 Å². The van der Waals surface area contributed by atoms with Crippen LogP contribution in [-0.2, 0) is 11.3 Å². The normalized spacial score (nSPS) is 11.0. The van der Waals surface area contributed by atoms with Crippen molar-refractivity contribution < 1.29 is 4.79 Å². The summed E-state index contributed by atoms with van der Waals surface area (Å²) in [6.45, 7) is 0.409. The number of hydrogen-bond donors (Lipinski definition) is 1. The van der Waals surface area contributed by atoms with Gasteiger partial charge in [-0.15, -0.1) is 11.3 Å². The average molecular weight is 415 g/mol. The zero-order valence-corrected chi connectivity index (χ0v) is 16.5.